The summed E-state index contributed by atoms with van der Waals surface area (Å²) in [4.78, 5) is 34.7. The molecule has 0 bridgehead atoms. The van der Waals surface area contributed by atoms with Gasteiger partial charge in [0.05, 0.1) is 10.5 Å². The number of fused-ring (bicyclic) bond motifs is 1. The largest absolute Gasteiger partial charge is 0.486 e. The number of halogens is 1. The quantitative estimate of drug-likeness (QED) is 0.460. The van der Waals surface area contributed by atoms with Crippen LogP contribution in [0.5, 0.6) is 11.5 Å². The Morgan fingerprint density at radius 3 is 2.61 bits per heavy atom. The zero-order valence-electron chi connectivity index (χ0n) is 14.6. The molecule has 0 saturated heterocycles. The van der Waals surface area contributed by atoms with Crippen LogP contribution in [0.2, 0.25) is 5.02 Å². The van der Waals surface area contributed by atoms with Crippen molar-refractivity contribution in [1.82, 2.24) is 0 Å². The van der Waals surface area contributed by atoms with Crippen LogP contribution in [0.25, 0.3) is 0 Å². The standard InChI is InChI=1S/C18H15ClN2O7/c1-10(28-18(23)11-2-4-13(19)14(8-11)21(24)25)17(22)20-12-3-5-15-16(9-12)27-7-6-26-15/h2-5,8-10H,6-7H2,1H3,(H,20,22)/t10-/m0/s1. The van der Waals surface area contributed by atoms with Crippen molar-refractivity contribution in [3.05, 3.63) is 57.1 Å². The third-order valence-corrected chi connectivity index (χ3v) is 4.16. The first-order chi connectivity index (χ1) is 13.3. The third kappa shape index (κ3) is 4.32. The van der Waals surface area contributed by atoms with Crippen molar-refractivity contribution in [3.8, 4) is 11.5 Å². The smallest absolute Gasteiger partial charge is 0.339 e. The maximum absolute atomic E-state index is 12.3. The first-order valence-corrected chi connectivity index (χ1v) is 8.58. The van der Waals surface area contributed by atoms with Gasteiger partial charge in [0.15, 0.2) is 17.6 Å². The monoisotopic (exact) mass is 406 g/mol. The van der Waals surface area contributed by atoms with Crippen molar-refractivity contribution in [1.29, 1.82) is 0 Å². The number of carbonyl (C=O) groups excluding carboxylic acids is 2. The Hall–Kier alpha value is -3.33. The highest BCUT2D eigenvalue weighted by molar-refractivity contribution is 6.32. The Labute approximate surface area is 164 Å². The van der Waals surface area contributed by atoms with E-state index >= 15 is 0 Å². The molecule has 0 radical (unpaired) electrons. The highest BCUT2D eigenvalue weighted by Crippen LogP contribution is 2.32. The number of nitro benzene ring substituents is 1. The molecular weight excluding hydrogens is 392 g/mol. The van der Waals surface area contributed by atoms with Gasteiger partial charge in [0, 0.05) is 17.8 Å². The molecule has 146 valence electrons. The summed E-state index contributed by atoms with van der Waals surface area (Å²) < 4.78 is 15.9. The number of rotatable bonds is 5. The second-order valence-electron chi connectivity index (χ2n) is 5.82. The van der Waals surface area contributed by atoms with E-state index in [-0.39, 0.29) is 10.6 Å². The number of nitrogens with one attached hydrogen (secondary N) is 1. The van der Waals surface area contributed by atoms with Crippen molar-refractivity contribution in [2.45, 2.75) is 13.0 Å². The Morgan fingerprint density at radius 2 is 1.89 bits per heavy atom. The summed E-state index contributed by atoms with van der Waals surface area (Å²) in [6, 6.07) is 8.38. The minimum atomic E-state index is -1.14. The maximum atomic E-state index is 12.3. The molecule has 2 aromatic rings. The lowest BCUT2D eigenvalue weighted by atomic mass is 10.2. The zero-order valence-corrected chi connectivity index (χ0v) is 15.4. The number of carbonyl (C=O) groups is 2. The van der Waals surface area contributed by atoms with E-state index < -0.39 is 28.6 Å². The SMILES string of the molecule is C[C@H](OC(=O)c1ccc(Cl)c([N+](=O)[O-])c1)C(=O)Nc1ccc2c(c1)OCCO2. The second-order valence-corrected chi connectivity index (χ2v) is 6.23. The lowest BCUT2D eigenvalue weighted by Gasteiger charge is -2.19. The van der Waals surface area contributed by atoms with Crippen LogP contribution in [0, 0.1) is 10.1 Å². The molecule has 9 nitrogen and oxygen atoms in total. The van der Waals surface area contributed by atoms with E-state index in [0.717, 1.165) is 6.07 Å². The van der Waals surface area contributed by atoms with Crippen molar-refractivity contribution in [3.63, 3.8) is 0 Å². The predicted octanol–water partition coefficient (Wildman–Crippen LogP) is 3.20. The molecule has 2 aromatic carbocycles. The fraction of sp³-hybridized carbons (Fsp3) is 0.222. The number of nitrogens with zero attached hydrogens (tertiary/aromatic N) is 1. The van der Waals surface area contributed by atoms with Gasteiger partial charge in [-0.15, -0.1) is 0 Å². The van der Waals surface area contributed by atoms with Crippen LogP contribution >= 0.6 is 11.6 Å². The molecule has 0 unspecified atom stereocenters. The van der Waals surface area contributed by atoms with Gasteiger partial charge in [-0.3, -0.25) is 14.9 Å². The van der Waals surface area contributed by atoms with Crippen LogP contribution in [0.1, 0.15) is 17.3 Å². The summed E-state index contributed by atoms with van der Waals surface area (Å²) in [5.41, 5.74) is -0.0705. The van der Waals surface area contributed by atoms with Gasteiger partial charge < -0.3 is 19.5 Å². The van der Waals surface area contributed by atoms with Crippen molar-refractivity contribution in [2.75, 3.05) is 18.5 Å². The summed E-state index contributed by atoms with van der Waals surface area (Å²) in [6.07, 6.45) is -1.14. The van der Waals surface area contributed by atoms with Gasteiger partial charge in [0.1, 0.15) is 18.2 Å². The highest BCUT2D eigenvalue weighted by atomic mass is 35.5. The fourth-order valence-electron chi connectivity index (χ4n) is 2.43. The third-order valence-electron chi connectivity index (χ3n) is 3.84. The summed E-state index contributed by atoms with van der Waals surface area (Å²) in [6.45, 7) is 2.25. The van der Waals surface area contributed by atoms with Crippen LogP contribution < -0.4 is 14.8 Å². The summed E-state index contributed by atoms with van der Waals surface area (Å²) in [7, 11) is 0. The average molecular weight is 407 g/mol. The molecule has 1 amide bonds. The number of ether oxygens (including phenoxy) is 3. The van der Waals surface area contributed by atoms with Gasteiger partial charge in [0.25, 0.3) is 11.6 Å². The number of amides is 1. The number of nitro groups is 1. The minimum Gasteiger partial charge on any atom is -0.486 e. The normalized spacial score (nSPS) is 13.4. The highest BCUT2D eigenvalue weighted by Gasteiger charge is 2.22. The van der Waals surface area contributed by atoms with Crippen LogP contribution in [0.15, 0.2) is 36.4 Å². The van der Waals surface area contributed by atoms with Crippen molar-refractivity contribution in [2.24, 2.45) is 0 Å². The molecule has 0 saturated carbocycles. The lowest BCUT2D eigenvalue weighted by molar-refractivity contribution is -0.384. The zero-order chi connectivity index (χ0) is 20.3. The van der Waals surface area contributed by atoms with Crippen molar-refractivity contribution >= 4 is 34.9 Å². The van der Waals surface area contributed by atoms with Crippen LogP contribution in [-0.2, 0) is 9.53 Å². The summed E-state index contributed by atoms with van der Waals surface area (Å²) >= 11 is 5.72. The van der Waals surface area contributed by atoms with E-state index in [0.29, 0.717) is 30.4 Å². The van der Waals surface area contributed by atoms with Gasteiger partial charge in [0.2, 0.25) is 0 Å². The molecular formula is C18H15ClN2O7. The lowest BCUT2D eigenvalue weighted by Crippen LogP contribution is -2.30. The van der Waals surface area contributed by atoms with Gasteiger partial charge >= 0.3 is 5.97 Å². The van der Waals surface area contributed by atoms with Gasteiger partial charge in [-0.05, 0) is 31.2 Å². The van der Waals surface area contributed by atoms with E-state index in [1.165, 1.54) is 19.1 Å². The minimum absolute atomic E-state index is 0.0879. The van der Waals surface area contributed by atoms with Crippen LogP contribution in [0.3, 0.4) is 0 Å². The second kappa shape index (κ2) is 8.13. The van der Waals surface area contributed by atoms with Gasteiger partial charge in [-0.2, -0.15) is 0 Å². The number of benzene rings is 2. The summed E-state index contributed by atoms with van der Waals surface area (Å²) in [5.74, 6) is -0.381. The molecule has 0 aromatic heterocycles. The van der Waals surface area contributed by atoms with E-state index in [4.69, 9.17) is 25.8 Å². The Morgan fingerprint density at radius 1 is 1.18 bits per heavy atom. The topological polar surface area (TPSA) is 117 Å². The Kier molecular flexibility index (Phi) is 5.65. The molecule has 0 fully saturated rings. The molecule has 1 heterocycles. The molecule has 1 aliphatic rings. The predicted molar refractivity (Wildman–Crippen MR) is 99.0 cm³/mol. The fourth-order valence-corrected chi connectivity index (χ4v) is 2.61. The van der Waals surface area contributed by atoms with Crippen molar-refractivity contribution < 1.29 is 28.7 Å². The first-order valence-electron chi connectivity index (χ1n) is 8.20. The molecule has 10 heteroatoms. The van der Waals surface area contributed by atoms with Crippen LogP contribution in [-0.4, -0.2) is 36.1 Å². The number of hydrogen-bond acceptors (Lipinski definition) is 7. The van der Waals surface area contributed by atoms with E-state index in [2.05, 4.69) is 5.32 Å². The number of esters is 1. The Bertz CT molecular complexity index is 948. The molecule has 28 heavy (non-hydrogen) atoms. The number of anilines is 1. The van der Waals surface area contributed by atoms with Gasteiger partial charge in [-0.1, -0.05) is 11.6 Å². The molecule has 0 spiro atoms. The maximum Gasteiger partial charge on any atom is 0.339 e. The first kappa shape index (κ1) is 19.4. The van der Waals surface area contributed by atoms with Gasteiger partial charge in [-0.25, -0.2) is 4.79 Å². The molecule has 0 aliphatic carbocycles. The Balaban J connectivity index is 1.65. The molecule has 1 N–H and O–H groups in total. The van der Waals surface area contributed by atoms with E-state index in [9.17, 15) is 19.7 Å². The molecule has 3 rings (SSSR count). The molecule has 1 atom stereocenters. The average Bonchev–Trinajstić information content (AvgIpc) is 2.67. The van der Waals surface area contributed by atoms with E-state index in [1.54, 1.807) is 18.2 Å². The van der Waals surface area contributed by atoms with E-state index in [1.807, 2.05) is 0 Å². The summed E-state index contributed by atoms with van der Waals surface area (Å²) in [5, 5.41) is 13.4. The van der Waals surface area contributed by atoms with Crippen LogP contribution in [0.4, 0.5) is 11.4 Å². The molecule has 1 aliphatic heterocycles. The number of hydrogen-bond donors (Lipinski definition) is 1.